The number of carbonyl (C=O) groups excluding carboxylic acids is 1. The van der Waals surface area contributed by atoms with Gasteiger partial charge in [0, 0.05) is 5.69 Å². The first-order chi connectivity index (χ1) is 16.7. The number of nitrogens with one attached hydrogen (secondary N) is 2. The SMILES string of the molecule is CCOc1ccc(NS(=O)(=O)c2ccc(OCC(=O)N[C@H](C)c3ccc(OC)cc3)c(Cl)c2)cc1. The van der Waals surface area contributed by atoms with Gasteiger partial charge >= 0.3 is 0 Å². The zero-order valence-corrected chi connectivity index (χ0v) is 21.2. The lowest BCUT2D eigenvalue weighted by Gasteiger charge is -2.16. The molecule has 10 heteroatoms. The van der Waals surface area contributed by atoms with Crippen molar-refractivity contribution < 1.29 is 27.4 Å². The van der Waals surface area contributed by atoms with E-state index >= 15 is 0 Å². The molecule has 1 atom stereocenters. The van der Waals surface area contributed by atoms with Crippen LogP contribution in [0.3, 0.4) is 0 Å². The standard InChI is InChI=1S/C25H27ClN2O6S/c1-4-33-21-11-7-19(8-12-21)28-35(30,31)22-13-14-24(23(26)15-22)34-16-25(29)27-17(2)18-5-9-20(32-3)10-6-18/h5-15,17,28H,4,16H2,1-3H3,(H,27,29)/t17-/m1/s1. The number of methoxy groups -OCH3 is 1. The fourth-order valence-corrected chi connectivity index (χ4v) is 4.55. The molecule has 0 fully saturated rings. The Bertz CT molecular complexity index is 1250. The monoisotopic (exact) mass is 518 g/mol. The van der Waals surface area contributed by atoms with E-state index in [2.05, 4.69) is 10.0 Å². The van der Waals surface area contributed by atoms with E-state index in [0.717, 1.165) is 11.3 Å². The van der Waals surface area contributed by atoms with Crippen molar-refractivity contribution in [2.45, 2.75) is 24.8 Å². The first-order valence-electron chi connectivity index (χ1n) is 10.8. The zero-order valence-electron chi connectivity index (χ0n) is 19.6. The van der Waals surface area contributed by atoms with Crippen LogP contribution < -0.4 is 24.2 Å². The summed E-state index contributed by atoms with van der Waals surface area (Å²) < 4.78 is 43.9. The molecule has 0 bridgehead atoms. The van der Waals surface area contributed by atoms with Crippen molar-refractivity contribution in [2.24, 2.45) is 0 Å². The van der Waals surface area contributed by atoms with Gasteiger partial charge in [0.05, 0.1) is 29.7 Å². The number of hydrogen-bond acceptors (Lipinski definition) is 6. The molecule has 35 heavy (non-hydrogen) atoms. The van der Waals surface area contributed by atoms with E-state index in [1.165, 1.54) is 18.2 Å². The first kappa shape index (κ1) is 26.2. The van der Waals surface area contributed by atoms with Gasteiger partial charge in [-0.1, -0.05) is 23.7 Å². The normalized spacial score (nSPS) is 11.9. The van der Waals surface area contributed by atoms with E-state index < -0.39 is 10.0 Å². The molecule has 8 nitrogen and oxygen atoms in total. The van der Waals surface area contributed by atoms with Gasteiger partial charge in [0.25, 0.3) is 15.9 Å². The molecule has 0 spiro atoms. The Morgan fingerprint density at radius 3 is 2.23 bits per heavy atom. The lowest BCUT2D eigenvalue weighted by Crippen LogP contribution is -2.31. The maximum absolute atomic E-state index is 12.7. The van der Waals surface area contributed by atoms with Crippen LogP contribution in [-0.2, 0) is 14.8 Å². The van der Waals surface area contributed by atoms with Crippen LogP contribution in [0.1, 0.15) is 25.5 Å². The van der Waals surface area contributed by atoms with Crippen molar-refractivity contribution >= 4 is 33.2 Å². The van der Waals surface area contributed by atoms with Gasteiger partial charge in [-0.2, -0.15) is 0 Å². The number of carbonyl (C=O) groups is 1. The summed E-state index contributed by atoms with van der Waals surface area (Å²) in [5, 5.41) is 2.90. The van der Waals surface area contributed by atoms with Crippen LogP contribution in [0, 0.1) is 0 Å². The lowest BCUT2D eigenvalue weighted by molar-refractivity contribution is -0.123. The third-order valence-electron chi connectivity index (χ3n) is 4.98. The fourth-order valence-electron chi connectivity index (χ4n) is 3.17. The Morgan fingerprint density at radius 2 is 1.63 bits per heavy atom. The van der Waals surface area contributed by atoms with E-state index in [1.807, 2.05) is 38.1 Å². The number of anilines is 1. The highest BCUT2D eigenvalue weighted by Gasteiger charge is 2.17. The summed E-state index contributed by atoms with van der Waals surface area (Å²) >= 11 is 6.23. The lowest BCUT2D eigenvalue weighted by atomic mass is 10.1. The molecule has 2 N–H and O–H groups in total. The second-order valence-corrected chi connectivity index (χ2v) is 9.60. The summed E-state index contributed by atoms with van der Waals surface area (Å²) in [7, 11) is -2.29. The minimum absolute atomic E-state index is 0.0404. The molecule has 0 aliphatic rings. The van der Waals surface area contributed by atoms with Crippen molar-refractivity contribution in [3.8, 4) is 17.2 Å². The quantitative estimate of drug-likeness (QED) is 0.378. The van der Waals surface area contributed by atoms with Gasteiger partial charge in [0.15, 0.2) is 6.61 Å². The molecule has 0 saturated carbocycles. The molecule has 0 aliphatic heterocycles. The molecule has 3 aromatic rings. The second kappa shape index (κ2) is 11.8. The van der Waals surface area contributed by atoms with Crippen LogP contribution in [0.15, 0.2) is 71.6 Å². The molecule has 3 rings (SSSR count). The second-order valence-electron chi connectivity index (χ2n) is 7.51. The van der Waals surface area contributed by atoms with E-state index in [-0.39, 0.29) is 34.2 Å². The molecule has 0 aromatic heterocycles. The van der Waals surface area contributed by atoms with Crippen LogP contribution in [0.2, 0.25) is 5.02 Å². The average Bonchev–Trinajstić information content (AvgIpc) is 2.84. The fraction of sp³-hybridized carbons (Fsp3) is 0.240. The van der Waals surface area contributed by atoms with Crippen LogP contribution >= 0.6 is 11.6 Å². The van der Waals surface area contributed by atoms with E-state index in [0.29, 0.717) is 18.0 Å². The predicted octanol–water partition coefficient (Wildman–Crippen LogP) is 4.80. The van der Waals surface area contributed by atoms with E-state index in [9.17, 15) is 13.2 Å². The third-order valence-corrected chi connectivity index (χ3v) is 6.66. The van der Waals surface area contributed by atoms with Gasteiger partial charge in [-0.25, -0.2) is 8.42 Å². The summed E-state index contributed by atoms with van der Waals surface area (Å²) in [4.78, 5) is 12.3. The molecular formula is C25H27ClN2O6S. The summed E-state index contributed by atoms with van der Waals surface area (Å²) in [5.74, 6) is 1.21. The first-order valence-corrected chi connectivity index (χ1v) is 12.7. The summed E-state index contributed by atoms with van der Waals surface area (Å²) in [5.41, 5.74) is 1.29. The smallest absolute Gasteiger partial charge is 0.261 e. The highest BCUT2D eigenvalue weighted by molar-refractivity contribution is 7.92. The van der Waals surface area contributed by atoms with Crippen molar-refractivity contribution in [1.29, 1.82) is 0 Å². The van der Waals surface area contributed by atoms with Gasteiger partial charge < -0.3 is 19.5 Å². The Kier molecular flexibility index (Phi) is 8.84. The van der Waals surface area contributed by atoms with Crippen LogP contribution in [0.25, 0.3) is 0 Å². The van der Waals surface area contributed by atoms with Crippen molar-refractivity contribution in [2.75, 3.05) is 25.0 Å². The van der Waals surface area contributed by atoms with Gasteiger partial charge in [-0.15, -0.1) is 0 Å². The highest BCUT2D eigenvalue weighted by atomic mass is 35.5. The number of hydrogen-bond donors (Lipinski definition) is 2. The van der Waals surface area contributed by atoms with Crippen molar-refractivity contribution in [3.05, 3.63) is 77.3 Å². The predicted molar refractivity (Wildman–Crippen MR) is 135 cm³/mol. The summed E-state index contributed by atoms with van der Waals surface area (Å²) in [6.45, 7) is 3.95. The Morgan fingerprint density at radius 1 is 0.971 bits per heavy atom. The molecular weight excluding hydrogens is 492 g/mol. The minimum atomic E-state index is -3.88. The highest BCUT2D eigenvalue weighted by Crippen LogP contribution is 2.29. The van der Waals surface area contributed by atoms with Gasteiger partial charge in [-0.3, -0.25) is 9.52 Å². The van der Waals surface area contributed by atoms with Crippen LogP contribution in [-0.4, -0.2) is 34.6 Å². The number of amides is 1. The van der Waals surface area contributed by atoms with Crippen LogP contribution in [0.5, 0.6) is 17.2 Å². The van der Waals surface area contributed by atoms with E-state index in [1.54, 1.807) is 31.4 Å². The Labute approximate surface area is 210 Å². The number of sulfonamides is 1. The average molecular weight is 519 g/mol. The minimum Gasteiger partial charge on any atom is -0.497 e. The van der Waals surface area contributed by atoms with E-state index in [4.69, 9.17) is 25.8 Å². The molecule has 0 unspecified atom stereocenters. The van der Waals surface area contributed by atoms with Gasteiger partial charge in [0.1, 0.15) is 17.2 Å². The van der Waals surface area contributed by atoms with Gasteiger partial charge in [-0.05, 0) is 74.0 Å². The zero-order chi connectivity index (χ0) is 25.4. The Balaban J connectivity index is 1.58. The summed E-state index contributed by atoms with van der Waals surface area (Å²) in [6.07, 6.45) is 0. The molecule has 3 aromatic carbocycles. The van der Waals surface area contributed by atoms with Crippen LogP contribution in [0.4, 0.5) is 5.69 Å². The number of halogens is 1. The molecule has 0 saturated heterocycles. The topological polar surface area (TPSA) is 103 Å². The third kappa shape index (κ3) is 7.27. The molecule has 186 valence electrons. The van der Waals surface area contributed by atoms with Gasteiger partial charge in [0.2, 0.25) is 0 Å². The number of benzene rings is 3. The molecule has 0 radical (unpaired) electrons. The maximum atomic E-state index is 12.7. The van der Waals surface area contributed by atoms with Crippen molar-refractivity contribution in [1.82, 2.24) is 5.32 Å². The maximum Gasteiger partial charge on any atom is 0.261 e. The number of ether oxygens (including phenoxy) is 3. The Hall–Kier alpha value is -3.43. The summed E-state index contributed by atoms with van der Waals surface area (Å²) in [6, 6.07) is 17.7. The largest absolute Gasteiger partial charge is 0.497 e. The number of rotatable bonds is 11. The molecule has 1 amide bonds. The van der Waals surface area contributed by atoms with Crippen molar-refractivity contribution in [3.63, 3.8) is 0 Å². The molecule has 0 aliphatic carbocycles. The molecule has 0 heterocycles.